The standard InChI is InChI=1S/C11H12N5O8P/c12-11-14-8-5(9(19)15-11)13-3-16(8)10-7(18)6(17)4(24-10)1-2-23-25(20,21)22/h3-4,6-7,10,17-18H,(H2,20,21,22)(H3,12,14,15,19)/t4-,6-,7-,10-/m1/s1. The Morgan fingerprint density at radius 1 is 1.40 bits per heavy atom. The quantitative estimate of drug-likeness (QED) is 0.237. The topological polar surface area (TPSA) is 206 Å². The van der Waals surface area contributed by atoms with Crippen LogP contribution in [-0.2, 0) is 13.8 Å². The number of hydrogen-bond donors (Lipinski definition) is 6. The molecule has 13 nitrogen and oxygen atoms in total. The van der Waals surface area contributed by atoms with Crippen molar-refractivity contribution in [1.29, 1.82) is 0 Å². The lowest BCUT2D eigenvalue weighted by molar-refractivity contribution is -0.0231. The summed E-state index contributed by atoms with van der Waals surface area (Å²) in [6, 6.07) is 0. The summed E-state index contributed by atoms with van der Waals surface area (Å²) in [5.41, 5.74) is 4.83. The molecule has 25 heavy (non-hydrogen) atoms. The molecule has 0 amide bonds. The van der Waals surface area contributed by atoms with Gasteiger partial charge < -0.3 is 25.2 Å². The van der Waals surface area contributed by atoms with Gasteiger partial charge >= 0.3 is 7.82 Å². The van der Waals surface area contributed by atoms with E-state index in [1.165, 1.54) is 4.57 Å². The minimum atomic E-state index is -4.82. The second-order valence-corrected chi connectivity index (χ2v) is 6.20. The number of nitrogens with two attached hydrogens (primary N) is 1. The Morgan fingerprint density at radius 3 is 2.80 bits per heavy atom. The Balaban J connectivity index is 1.92. The maximum Gasteiger partial charge on any atom is 0.533 e. The number of anilines is 1. The lowest BCUT2D eigenvalue weighted by Gasteiger charge is -2.16. The molecular weight excluding hydrogens is 361 g/mol. The Kier molecular flexibility index (Phi) is 4.25. The van der Waals surface area contributed by atoms with Crippen molar-refractivity contribution in [3.05, 3.63) is 16.7 Å². The average molecular weight is 373 g/mol. The van der Waals surface area contributed by atoms with Gasteiger partial charge in [0, 0.05) is 0 Å². The van der Waals surface area contributed by atoms with Crippen LogP contribution >= 0.6 is 7.82 Å². The van der Waals surface area contributed by atoms with Gasteiger partial charge in [0.25, 0.3) is 5.56 Å². The molecule has 0 saturated carbocycles. The van der Waals surface area contributed by atoms with Crippen molar-refractivity contribution in [2.75, 3.05) is 5.73 Å². The summed E-state index contributed by atoms with van der Waals surface area (Å²) in [5.74, 6) is 1.96. The van der Waals surface area contributed by atoms with E-state index in [9.17, 15) is 19.6 Å². The van der Waals surface area contributed by atoms with Crippen molar-refractivity contribution < 1.29 is 33.8 Å². The molecule has 0 radical (unpaired) electrons. The number of aliphatic hydroxyl groups excluding tert-OH is 2. The summed E-state index contributed by atoms with van der Waals surface area (Å²) in [6.45, 7) is 0. The van der Waals surface area contributed by atoms with Crippen LogP contribution < -0.4 is 11.3 Å². The molecule has 1 aliphatic rings. The average Bonchev–Trinajstić information content (AvgIpc) is 3.02. The molecule has 3 rings (SSSR count). The smallest absolute Gasteiger partial charge is 0.386 e. The van der Waals surface area contributed by atoms with Crippen LogP contribution in [0.25, 0.3) is 11.2 Å². The molecule has 1 aliphatic heterocycles. The first-order valence-corrected chi connectivity index (χ1v) is 8.19. The molecule has 2 aromatic rings. The van der Waals surface area contributed by atoms with Crippen molar-refractivity contribution >= 4 is 24.9 Å². The molecular formula is C11H12N5O8P. The van der Waals surface area contributed by atoms with E-state index in [-0.39, 0.29) is 17.1 Å². The van der Waals surface area contributed by atoms with Gasteiger partial charge in [-0.2, -0.15) is 4.98 Å². The van der Waals surface area contributed by atoms with Crippen LogP contribution in [0.3, 0.4) is 0 Å². The molecule has 0 bridgehead atoms. The second kappa shape index (κ2) is 6.12. The van der Waals surface area contributed by atoms with Gasteiger partial charge in [0.2, 0.25) is 5.95 Å². The van der Waals surface area contributed by atoms with Gasteiger partial charge in [0.15, 0.2) is 23.5 Å². The molecule has 4 atom stereocenters. The number of nitrogens with one attached hydrogen (secondary N) is 1. The summed E-state index contributed by atoms with van der Waals surface area (Å²) in [7, 11) is -4.82. The number of imidazole rings is 1. The fourth-order valence-electron chi connectivity index (χ4n) is 2.28. The first-order chi connectivity index (χ1) is 11.7. The number of hydrogen-bond acceptors (Lipinski definition) is 9. The van der Waals surface area contributed by atoms with Gasteiger partial charge in [0.05, 0.1) is 6.33 Å². The van der Waals surface area contributed by atoms with Gasteiger partial charge in [0.1, 0.15) is 18.3 Å². The Labute approximate surface area is 138 Å². The minimum absolute atomic E-state index is 0.0116. The van der Waals surface area contributed by atoms with E-state index in [1.807, 2.05) is 0 Å². The summed E-state index contributed by atoms with van der Waals surface area (Å²) in [6.07, 6.45) is -2.67. The number of H-pyrrole nitrogens is 1. The largest absolute Gasteiger partial charge is 0.533 e. The monoisotopic (exact) mass is 373 g/mol. The van der Waals surface area contributed by atoms with Crippen molar-refractivity contribution in [3.8, 4) is 12.0 Å². The van der Waals surface area contributed by atoms with Crippen LogP contribution in [0.1, 0.15) is 6.23 Å². The minimum Gasteiger partial charge on any atom is -0.386 e. The summed E-state index contributed by atoms with van der Waals surface area (Å²) < 4.78 is 21.0. The molecule has 0 spiro atoms. The number of aromatic nitrogens is 4. The van der Waals surface area contributed by atoms with Gasteiger partial charge in [-0.15, -0.1) is 0 Å². The van der Waals surface area contributed by atoms with E-state index in [4.69, 9.17) is 20.3 Å². The molecule has 0 aliphatic carbocycles. The fraction of sp³-hybridized carbons (Fsp3) is 0.364. The zero-order valence-corrected chi connectivity index (χ0v) is 13.1. The zero-order valence-electron chi connectivity index (χ0n) is 12.2. The third-order valence-corrected chi connectivity index (χ3v) is 3.66. The maximum absolute atomic E-state index is 11.8. The van der Waals surface area contributed by atoms with E-state index < -0.39 is 37.9 Å². The van der Waals surface area contributed by atoms with Crippen molar-refractivity contribution in [2.24, 2.45) is 0 Å². The number of phosphoric acid groups is 1. The highest BCUT2D eigenvalue weighted by molar-refractivity contribution is 7.46. The summed E-state index contributed by atoms with van der Waals surface area (Å²) in [5, 5.41) is 20.1. The SMILES string of the molecule is Nc1nc2c(ncn2[C@@H]2O[C@H](C#COP(=O)(O)O)[C@@H](O)[C@H]2O)c(=O)[nH]1. The molecule has 2 aromatic heterocycles. The zero-order chi connectivity index (χ0) is 18.4. The highest BCUT2D eigenvalue weighted by atomic mass is 31.2. The number of nitrogens with zero attached hydrogens (tertiary/aromatic N) is 3. The van der Waals surface area contributed by atoms with E-state index >= 15 is 0 Å². The normalized spacial score (nSPS) is 26.4. The predicted octanol–water partition coefficient (Wildman–Crippen LogP) is -2.61. The van der Waals surface area contributed by atoms with Crippen LogP contribution in [0.5, 0.6) is 0 Å². The molecule has 14 heteroatoms. The maximum atomic E-state index is 11.8. The van der Waals surface area contributed by atoms with Gasteiger partial charge in [-0.3, -0.25) is 24.1 Å². The van der Waals surface area contributed by atoms with Crippen LogP contribution in [0.2, 0.25) is 0 Å². The third kappa shape index (κ3) is 3.35. The fourth-order valence-corrected chi connectivity index (χ4v) is 2.45. The molecule has 1 fully saturated rings. The number of phosphoric ester groups is 1. The summed E-state index contributed by atoms with van der Waals surface area (Å²) >= 11 is 0. The Hall–Kier alpha value is -2.46. The van der Waals surface area contributed by atoms with Crippen molar-refractivity contribution in [2.45, 2.75) is 24.5 Å². The molecule has 0 aromatic carbocycles. The van der Waals surface area contributed by atoms with Crippen LogP contribution in [0.4, 0.5) is 5.95 Å². The first-order valence-electron chi connectivity index (χ1n) is 6.66. The molecule has 1 saturated heterocycles. The number of aliphatic hydroxyl groups is 2. The van der Waals surface area contributed by atoms with E-state index in [1.54, 1.807) is 6.11 Å². The van der Waals surface area contributed by atoms with Crippen molar-refractivity contribution in [1.82, 2.24) is 19.5 Å². The van der Waals surface area contributed by atoms with Crippen molar-refractivity contribution in [3.63, 3.8) is 0 Å². The molecule has 0 unspecified atom stereocenters. The number of aromatic amines is 1. The predicted molar refractivity (Wildman–Crippen MR) is 79.4 cm³/mol. The van der Waals surface area contributed by atoms with E-state index in [0.29, 0.717) is 0 Å². The van der Waals surface area contributed by atoms with Crippen LogP contribution in [0.15, 0.2) is 11.1 Å². The van der Waals surface area contributed by atoms with Crippen LogP contribution in [0, 0.1) is 12.0 Å². The second-order valence-electron chi connectivity index (χ2n) is 5.03. The lowest BCUT2D eigenvalue weighted by atomic mass is 10.1. The summed E-state index contributed by atoms with van der Waals surface area (Å²) in [4.78, 5) is 38.9. The Bertz CT molecular complexity index is 970. The lowest BCUT2D eigenvalue weighted by Crippen LogP contribution is -2.31. The molecule has 3 heterocycles. The molecule has 7 N–H and O–H groups in total. The highest BCUT2D eigenvalue weighted by Gasteiger charge is 2.44. The van der Waals surface area contributed by atoms with Gasteiger partial charge in [-0.1, -0.05) is 0 Å². The van der Waals surface area contributed by atoms with Gasteiger partial charge in [-0.05, 0) is 5.92 Å². The molecule has 134 valence electrons. The van der Waals surface area contributed by atoms with E-state index in [0.717, 1.165) is 6.33 Å². The third-order valence-electron chi connectivity index (χ3n) is 3.33. The van der Waals surface area contributed by atoms with Gasteiger partial charge in [-0.25, -0.2) is 9.55 Å². The number of fused-ring (bicyclic) bond motifs is 1. The highest BCUT2D eigenvalue weighted by Crippen LogP contribution is 2.35. The number of ether oxygens (including phenoxy) is 1. The first kappa shape index (κ1) is 17.4. The number of nitrogen functional groups attached to an aromatic ring is 1. The Morgan fingerprint density at radius 2 is 2.12 bits per heavy atom. The van der Waals surface area contributed by atoms with E-state index in [2.05, 4.69) is 25.4 Å². The number of rotatable bonds is 2. The van der Waals surface area contributed by atoms with Crippen LogP contribution in [-0.4, -0.2) is 57.8 Å².